The highest BCUT2D eigenvalue weighted by atomic mass is 16.1. The monoisotopic (exact) mass is 193 g/mol. The average Bonchev–Trinajstić information content (AvgIpc) is 2.82. The molecule has 2 atom stereocenters. The van der Waals surface area contributed by atoms with Crippen LogP contribution in [0.3, 0.4) is 0 Å². The maximum atomic E-state index is 12.1. The van der Waals surface area contributed by atoms with E-state index in [9.17, 15) is 4.79 Å². The van der Waals surface area contributed by atoms with E-state index in [2.05, 4.69) is 12.2 Å². The summed E-state index contributed by atoms with van der Waals surface area (Å²) >= 11 is 0. The molecule has 3 fully saturated rings. The van der Waals surface area contributed by atoms with E-state index in [1.165, 1.54) is 25.7 Å². The third kappa shape index (κ3) is 1.04. The minimum absolute atomic E-state index is 0.0365. The van der Waals surface area contributed by atoms with Gasteiger partial charge >= 0.3 is 0 Å². The summed E-state index contributed by atoms with van der Waals surface area (Å²) in [7, 11) is 0. The molecule has 1 saturated heterocycles. The number of carbonyl (C=O) groups is 1. The number of carbonyl (C=O) groups excluding carboxylic acids is 1. The molecule has 2 heteroatoms. The molecule has 78 valence electrons. The molecule has 0 aromatic rings. The predicted octanol–water partition coefficient (Wildman–Crippen LogP) is 1.75. The van der Waals surface area contributed by atoms with Crippen LogP contribution in [0.4, 0.5) is 0 Å². The van der Waals surface area contributed by atoms with Crippen LogP contribution in [0, 0.1) is 16.7 Å². The molecule has 2 nitrogen and oxygen atoms in total. The van der Waals surface area contributed by atoms with Crippen molar-refractivity contribution in [2.45, 2.75) is 39.0 Å². The third-order valence-electron chi connectivity index (χ3n) is 4.92. The minimum atomic E-state index is 0.0365. The van der Waals surface area contributed by atoms with E-state index >= 15 is 0 Å². The first-order valence-electron chi connectivity index (χ1n) is 5.91. The quantitative estimate of drug-likeness (QED) is 0.635. The minimum Gasteiger partial charge on any atom is -0.315 e. The van der Waals surface area contributed by atoms with E-state index in [-0.39, 0.29) is 5.41 Å². The molecule has 3 rings (SSSR count). The second-order valence-electron chi connectivity index (χ2n) is 5.79. The van der Waals surface area contributed by atoms with Gasteiger partial charge in [0.25, 0.3) is 0 Å². The number of Topliss-reactive ketones (excluding diaryl/α,β-unsaturated/α-hetero) is 1. The Balaban J connectivity index is 1.91. The van der Waals surface area contributed by atoms with Crippen LogP contribution in [0.5, 0.6) is 0 Å². The Morgan fingerprint density at radius 1 is 1.36 bits per heavy atom. The molecule has 1 heterocycles. The Hall–Kier alpha value is -0.370. The topological polar surface area (TPSA) is 29.1 Å². The fourth-order valence-electron chi connectivity index (χ4n) is 3.58. The van der Waals surface area contributed by atoms with Gasteiger partial charge in [-0.2, -0.15) is 0 Å². The highest BCUT2D eigenvalue weighted by Gasteiger charge is 2.58. The van der Waals surface area contributed by atoms with Crippen LogP contribution < -0.4 is 5.32 Å². The summed E-state index contributed by atoms with van der Waals surface area (Å²) < 4.78 is 0. The maximum Gasteiger partial charge on any atom is 0.140 e. The lowest BCUT2D eigenvalue weighted by molar-refractivity contribution is -0.134. The first-order valence-corrected chi connectivity index (χ1v) is 5.91. The molecule has 2 saturated carbocycles. The van der Waals surface area contributed by atoms with Gasteiger partial charge in [-0.05, 0) is 43.6 Å². The second-order valence-corrected chi connectivity index (χ2v) is 5.79. The van der Waals surface area contributed by atoms with E-state index < -0.39 is 0 Å². The molecule has 2 unspecified atom stereocenters. The number of nitrogens with one attached hydrogen (secondary N) is 1. The highest BCUT2D eigenvalue weighted by molar-refractivity contribution is 5.87. The van der Waals surface area contributed by atoms with Crippen molar-refractivity contribution in [2.24, 2.45) is 16.7 Å². The first kappa shape index (κ1) is 8.90. The van der Waals surface area contributed by atoms with Crippen LogP contribution in [-0.4, -0.2) is 18.9 Å². The van der Waals surface area contributed by atoms with Gasteiger partial charge in [-0.15, -0.1) is 0 Å². The van der Waals surface area contributed by atoms with Crippen molar-refractivity contribution < 1.29 is 4.79 Å². The zero-order valence-corrected chi connectivity index (χ0v) is 8.94. The SMILES string of the molecule is CC1CNCC12CC1(CCC2=O)CC1. The third-order valence-corrected chi connectivity index (χ3v) is 4.92. The molecule has 1 aliphatic heterocycles. The zero-order chi connectivity index (χ0) is 9.81. The molecular formula is C12H19NO. The number of rotatable bonds is 0. The lowest BCUT2D eigenvalue weighted by atomic mass is 9.63. The molecule has 0 radical (unpaired) electrons. The van der Waals surface area contributed by atoms with E-state index in [1.807, 2.05) is 0 Å². The van der Waals surface area contributed by atoms with Crippen LogP contribution >= 0.6 is 0 Å². The number of ketones is 1. The molecule has 2 spiro atoms. The van der Waals surface area contributed by atoms with Crippen molar-refractivity contribution in [3.8, 4) is 0 Å². The van der Waals surface area contributed by atoms with Crippen molar-refractivity contribution in [1.29, 1.82) is 0 Å². The van der Waals surface area contributed by atoms with Crippen molar-refractivity contribution in [3.05, 3.63) is 0 Å². The van der Waals surface area contributed by atoms with Gasteiger partial charge in [-0.25, -0.2) is 0 Å². The van der Waals surface area contributed by atoms with Gasteiger partial charge in [0, 0.05) is 18.4 Å². The Morgan fingerprint density at radius 2 is 2.14 bits per heavy atom. The van der Waals surface area contributed by atoms with Gasteiger partial charge in [-0.3, -0.25) is 4.79 Å². The van der Waals surface area contributed by atoms with Gasteiger partial charge in [0.05, 0.1) is 0 Å². The normalized spacial score (nSPS) is 44.9. The first-order chi connectivity index (χ1) is 6.67. The summed E-state index contributed by atoms with van der Waals surface area (Å²) in [6, 6.07) is 0. The van der Waals surface area contributed by atoms with Crippen LogP contribution in [-0.2, 0) is 4.79 Å². The lowest BCUT2D eigenvalue weighted by Gasteiger charge is -2.39. The molecule has 1 N–H and O–H groups in total. The molecule has 3 aliphatic rings. The summed E-state index contributed by atoms with van der Waals surface area (Å²) in [6.07, 6.45) is 5.99. The molecule has 0 aromatic heterocycles. The smallest absolute Gasteiger partial charge is 0.140 e. The Kier molecular flexibility index (Phi) is 1.65. The van der Waals surface area contributed by atoms with Crippen molar-refractivity contribution in [2.75, 3.05) is 13.1 Å². The van der Waals surface area contributed by atoms with Crippen LogP contribution in [0.25, 0.3) is 0 Å². The molecule has 14 heavy (non-hydrogen) atoms. The maximum absolute atomic E-state index is 12.1. The van der Waals surface area contributed by atoms with Crippen LogP contribution in [0.15, 0.2) is 0 Å². The summed E-state index contributed by atoms with van der Waals surface area (Å²) in [5.41, 5.74) is 0.642. The van der Waals surface area contributed by atoms with E-state index in [0.29, 0.717) is 17.1 Å². The Bertz CT molecular complexity index is 282. The largest absolute Gasteiger partial charge is 0.315 e. The second kappa shape index (κ2) is 2.60. The van der Waals surface area contributed by atoms with Crippen molar-refractivity contribution in [1.82, 2.24) is 5.32 Å². The van der Waals surface area contributed by atoms with Crippen LogP contribution in [0.2, 0.25) is 0 Å². The van der Waals surface area contributed by atoms with Crippen LogP contribution in [0.1, 0.15) is 39.0 Å². The van der Waals surface area contributed by atoms with Gasteiger partial charge in [0.15, 0.2) is 0 Å². The number of hydrogen-bond acceptors (Lipinski definition) is 2. The summed E-state index contributed by atoms with van der Waals surface area (Å²) in [6.45, 7) is 4.25. The average molecular weight is 193 g/mol. The van der Waals surface area contributed by atoms with Crippen molar-refractivity contribution in [3.63, 3.8) is 0 Å². The predicted molar refractivity (Wildman–Crippen MR) is 55.0 cm³/mol. The summed E-state index contributed by atoms with van der Waals surface area (Å²) in [4.78, 5) is 12.1. The fourth-order valence-corrected chi connectivity index (χ4v) is 3.58. The highest BCUT2D eigenvalue weighted by Crippen LogP contribution is 2.62. The van der Waals surface area contributed by atoms with Gasteiger partial charge in [0.1, 0.15) is 5.78 Å². The molecule has 0 aromatic carbocycles. The molecular weight excluding hydrogens is 174 g/mol. The molecule has 0 amide bonds. The Morgan fingerprint density at radius 3 is 2.71 bits per heavy atom. The molecule has 0 bridgehead atoms. The number of hydrogen-bond donors (Lipinski definition) is 1. The fraction of sp³-hybridized carbons (Fsp3) is 0.917. The Labute approximate surface area is 85.4 Å². The van der Waals surface area contributed by atoms with Gasteiger partial charge in [-0.1, -0.05) is 6.92 Å². The van der Waals surface area contributed by atoms with Gasteiger partial charge < -0.3 is 5.32 Å². The molecule has 2 aliphatic carbocycles. The van der Waals surface area contributed by atoms with E-state index in [0.717, 1.165) is 19.5 Å². The van der Waals surface area contributed by atoms with E-state index in [4.69, 9.17) is 0 Å². The van der Waals surface area contributed by atoms with E-state index in [1.54, 1.807) is 0 Å². The zero-order valence-electron chi connectivity index (χ0n) is 8.94. The standard InChI is InChI=1S/C12H19NO/c1-9-6-13-8-12(9)7-11(4-5-11)3-2-10(12)14/h9,13H,2-8H2,1H3. The summed E-state index contributed by atoms with van der Waals surface area (Å²) in [5.74, 6) is 1.11. The lowest BCUT2D eigenvalue weighted by Crippen LogP contribution is -2.43. The van der Waals surface area contributed by atoms with Crippen molar-refractivity contribution >= 4 is 5.78 Å². The summed E-state index contributed by atoms with van der Waals surface area (Å²) in [5, 5.41) is 3.41. The van der Waals surface area contributed by atoms with Gasteiger partial charge in [0.2, 0.25) is 0 Å².